The third kappa shape index (κ3) is 4.01. The van der Waals surface area contributed by atoms with Crippen LogP contribution in [0.5, 0.6) is 5.75 Å². The van der Waals surface area contributed by atoms with Gasteiger partial charge in [-0.25, -0.2) is 12.8 Å². The Morgan fingerprint density at radius 2 is 1.81 bits per heavy atom. The number of ether oxygens (including phenoxy) is 1. The number of hydrogen-bond donors (Lipinski definition) is 1. The van der Waals surface area contributed by atoms with Gasteiger partial charge in [-0.1, -0.05) is 12.1 Å². The normalized spacial score (nSPS) is 16.2. The van der Waals surface area contributed by atoms with Crippen LogP contribution in [0, 0.1) is 0 Å². The number of benzene rings is 2. The number of nitrogen functional groups attached to an aromatic ring is 1. The first kappa shape index (κ1) is 21.3. The Bertz CT molecular complexity index is 1220. The quantitative estimate of drug-likeness (QED) is 0.580. The van der Waals surface area contributed by atoms with Crippen LogP contribution in [0.4, 0.5) is 28.9 Å². The maximum atomic E-state index is 13.3. The molecule has 3 aromatic rings. The third-order valence-electron chi connectivity index (χ3n) is 5.14. The minimum absolute atomic E-state index is 0.0920. The van der Waals surface area contributed by atoms with Gasteiger partial charge in [0.05, 0.1) is 34.9 Å². The summed E-state index contributed by atoms with van der Waals surface area (Å²) in [5.41, 5.74) is 8.38. The van der Waals surface area contributed by atoms with E-state index in [0.29, 0.717) is 40.8 Å². The first-order chi connectivity index (χ1) is 14.6. The summed E-state index contributed by atoms with van der Waals surface area (Å²) in [4.78, 5) is 0. The number of fused-ring (bicyclic) bond motifs is 1. The number of halogens is 4. The predicted molar refractivity (Wildman–Crippen MR) is 110 cm³/mol. The third-order valence-corrected chi connectivity index (χ3v) is 7.01. The fraction of sp³-hybridized carbons (Fsp3) is 0.300. The second-order valence-electron chi connectivity index (χ2n) is 7.12. The van der Waals surface area contributed by atoms with Crippen LogP contribution in [0.2, 0.25) is 0 Å². The largest absolute Gasteiger partial charge is 0.573 e. The summed E-state index contributed by atoms with van der Waals surface area (Å²) < 4.78 is 82.2. The maximum Gasteiger partial charge on any atom is 0.573 e. The number of sulfonamides is 1. The second kappa shape index (κ2) is 7.63. The monoisotopic (exact) mass is 457 g/mol. The molecule has 2 heterocycles. The second-order valence-corrected chi connectivity index (χ2v) is 9.13. The highest BCUT2D eigenvalue weighted by Crippen LogP contribution is 2.39. The van der Waals surface area contributed by atoms with E-state index in [4.69, 9.17) is 5.73 Å². The number of nitrogens with two attached hydrogens (primary N) is 1. The topological polar surface area (TPSA) is 77.6 Å². The average Bonchev–Trinajstić information content (AvgIpc) is 3.18. The summed E-state index contributed by atoms with van der Waals surface area (Å²) in [6, 6.07) is 10.3. The minimum atomic E-state index is -4.86. The van der Waals surface area contributed by atoms with Crippen molar-refractivity contribution < 1.29 is 30.7 Å². The Hall–Kier alpha value is -2.95. The number of nitrogens with zero attached hydrogens (tertiary/aromatic N) is 2. The number of aryl methyl sites for hydroxylation is 1. The minimum Gasteiger partial charge on any atom is -0.406 e. The Balaban J connectivity index is 1.79. The average molecular weight is 457 g/mol. The van der Waals surface area contributed by atoms with Crippen molar-refractivity contribution in [3.05, 3.63) is 42.5 Å². The molecular weight excluding hydrogens is 438 g/mol. The number of hydrogen-bond acceptors (Lipinski definition) is 4. The number of rotatable bonds is 5. The molecule has 0 aliphatic carbocycles. The SMILES string of the molecule is Nc1c(-c2ccc(N3CCCS3(=O)=O)cc2)n(CCF)c2cc(OC(F)(F)F)ccc12. The van der Waals surface area contributed by atoms with Crippen LogP contribution < -0.4 is 14.8 Å². The molecule has 1 aromatic heterocycles. The van der Waals surface area contributed by atoms with Crippen molar-refractivity contribution in [1.29, 1.82) is 0 Å². The highest BCUT2D eigenvalue weighted by atomic mass is 32.2. The van der Waals surface area contributed by atoms with Gasteiger partial charge in [0.15, 0.2) is 0 Å². The van der Waals surface area contributed by atoms with Crippen molar-refractivity contribution in [1.82, 2.24) is 4.57 Å². The van der Waals surface area contributed by atoms with E-state index >= 15 is 0 Å². The van der Waals surface area contributed by atoms with Gasteiger partial charge in [0.1, 0.15) is 12.4 Å². The molecule has 2 N–H and O–H groups in total. The molecule has 166 valence electrons. The van der Waals surface area contributed by atoms with Crippen molar-refractivity contribution in [3.63, 3.8) is 0 Å². The van der Waals surface area contributed by atoms with E-state index in [0.717, 1.165) is 6.07 Å². The van der Waals surface area contributed by atoms with Crippen LogP contribution in [0.25, 0.3) is 22.2 Å². The molecule has 6 nitrogen and oxygen atoms in total. The first-order valence-corrected chi connectivity index (χ1v) is 11.1. The van der Waals surface area contributed by atoms with E-state index in [1.165, 1.54) is 21.0 Å². The summed E-state index contributed by atoms with van der Waals surface area (Å²) in [6.07, 6.45) is -4.31. The van der Waals surface area contributed by atoms with Crippen molar-refractivity contribution in [2.75, 3.05) is 29.0 Å². The molecule has 31 heavy (non-hydrogen) atoms. The van der Waals surface area contributed by atoms with Gasteiger partial charge in [-0.2, -0.15) is 0 Å². The molecule has 0 bridgehead atoms. The van der Waals surface area contributed by atoms with Crippen LogP contribution in [0.1, 0.15) is 6.42 Å². The molecule has 1 fully saturated rings. The number of alkyl halides is 4. The molecule has 0 spiro atoms. The smallest absolute Gasteiger partial charge is 0.406 e. The van der Waals surface area contributed by atoms with Gasteiger partial charge in [0.25, 0.3) is 0 Å². The Morgan fingerprint density at radius 1 is 1.10 bits per heavy atom. The van der Waals surface area contributed by atoms with Crippen LogP contribution in [-0.4, -0.2) is 38.3 Å². The van der Waals surface area contributed by atoms with Crippen LogP contribution in [0.15, 0.2) is 42.5 Å². The van der Waals surface area contributed by atoms with Gasteiger partial charge in [-0.05, 0) is 30.7 Å². The molecule has 1 aliphatic rings. The van der Waals surface area contributed by atoms with Gasteiger partial charge < -0.3 is 15.0 Å². The predicted octanol–water partition coefficient (Wildman–Crippen LogP) is 4.30. The lowest BCUT2D eigenvalue weighted by molar-refractivity contribution is -0.274. The van der Waals surface area contributed by atoms with Crippen LogP contribution in [-0.2, 0) is 16.6 Å². The molecular formula is C20H19F4N3O3S. The van der Waals surface area contributed by atoms with Crippen LogP contribution >= 0.6 is 0 Å². The number of aromatic nitrogens is 1. The molecule has 0 radical (unpaired) electrons. The zero-order valence-corrected chi connectivity index (χ0v) is 17.0. The molecule has 11 heteroatoms. The zero-order valence-electron chi connectivity index (χ0n) is 16.2. The van der Waals surface area contributed by atoms with E-state index in [1.54, 1.807) is 24.3 Å². The molecule has 1 saturated heterocycles. The maximum absolute atomic E-state index is 13.3. The molecule has 2 aromatic carbocycles. The Morgan fingerprint density at radius 3 is 2.39 bits per heavy atom. The van der Waals surface area contributed by atoms with E-state index < -0.39 is 28.8 Å². The lowest BCUT2D eigenvalue weighted by atomic mass is 10.1. The van der Waals surface area contributed by atoms with E-state index in [9.17, 15) is 26.0 Å². The summed E-state index contributed by atoms with van der Waals surface area (Å²) in [5, 5.41) is 0.462. The fourth-order valence-corrected chi connectivity index (χ4v) is 5.46. The number of anilines is 2. The molecule has 0 amide bonds. The van der Waals surface area contributed by atoms with E-state index in [2.05, 4.69) is 4.74 Å². The Kier molecular flexibility index (Phi) is 5.24. The lowest BCUT2D eigenvalue weighted by Gasteiger charge is -2.17. The molecule has 4 rings (SSSR count). The molecule has 0 unspecified atom stereocenters. The van der Waals surface area contributed by atoms with E-state index in [1.807, 2.05) is 0 Å². The van der Waals surface area contributed by atoms with Gasteiger partial charge in [0.2, 0.25) is 10.0 Å². The molecule has 0 atom stereocenters. The van der Waals surface area contributed by atoms with Crippen molar-refractivity contribution in [3.8, 4) is 17.0 Å². The van der Waals surface area contributed by atoms with Gasteiger partial charge in [0, 0.05) is 23.6 Å². The summed E-state index contributed by atoms with van der Waals surface area (Å²) in [7, 11) is -3.33. The molecule has 1 aliphatic heterocycles. The van der Waals surface area contributed by atoms with Crippen molar-refractivity contribution in [2.24, 2.45) is 0 Å². The summed E-state index contributed by atoms with van der Waals surface area (Å²) >= 11 is 0. The lowest BCUT2D eigenvalue weighted by Crippen LogP contribution is -2.24. The summed E-state index contributed by atoms with van der Waals surface area (Å²) in [6.45, 7) is -0.487. The van der Waals surface area contributed by atoms with Crippen molar-refractivity contribution >= 4 is 32.3 Å². The highest BCUT2D eigenvalue weighted by molar-refractivity contribution is 7.93. The fourth-order valence-electron chi connectivity index (χ4n) is 3.90. The van der Waals surface area contributed by atoms with E-state index in [-0.39, 0.29) is 18.0 Å². The van der Waals surface area contributed by atoms with Crippen LogP contribution in [0.3, 0.4) is 0 Å². The zero-order chi connectivity index (χ0) is 22.4. The highest BCUT2D eigenvalue weighted by Gasteiger charge is 2.32. The Labute approximate surface area is 175 Å². The molecule has 0 saturated carbocycles. The van der Waals surface area contributed by atoms with Gasteiger partial charge in [-0.3, -0.25) is 4.31 Å². The van der Waals surface area contributed by atoms with Gasteiger partial charge >= 0.3 is 6.36 Å². The summed E-state index contributed by atoms with van der Waals surface area (Å²) in [5.74, 6) is -0.340. The van der Waals surface area contributed by atoms with Crippen molar-refractivity contribution in [2.45, 2.75) is 19.3 Å². The first-order valence-electron chi connectivity index (χ1n) is 9.45. The van der Waals surface area contributed by atoms with Gasteiger partial charge in [-0.15, -0.1) is 13.2 Å². The standard InChI is InChI=1S/C20H19F4N3O3S/c21-8-10-26-17-12-15(30-20(22,23)24)6-7-16(17)18(25)19(26)13-2-4-14(5-3-13)27-9-1-11-31(27,28)29/h2-7,12H,1,8-11,25H2.